The van der Waals surface area contributed by atoms with Crippen molar-refractivity contribution >= 4 is 33.0 Å². The number of H-pyrrole nitrogens is 1. The summed E-state index contributed by atoms with van der Waals surface area (Å²) >= 11 is 3.17. The second-order valence-corrected chi connectivity index (χ2v) is 2.92. The van der Waals surface area contributed by atoms with Gasteiger partial charge in [-0.25, -0.2) is 9.97 Å². The Balaban J connectivity index is 2.67. The second kappa shape index (κ2) is 2.71. The van der Waals surface area contributed by atoms with Crippen LogP contribution in [0.5, 0.6) is 0 Å². The van der Waals surface area contributed by atoms with Crippen LogP contribution in [-0.4, -0.2) is 27.0 Å². The van der Waals surface area contributed by atoms with E-state index in [9.17, 15) is 0 Å². The molecule has 0 aromatic carbocycles. The summed E-state index contributed by atoms with van der Waals surface area (Å²) in [7, 11) is 1.79. The number of hydrogen-bond acceptors (Lipinski definition) is 4. The molecule has 2 heterocycles. The van der Waals surface area contributed by atoms with Crippen LogP contribution in [0.15, 0.2) is 10.9 Å². The molecule has 2 aromatic rings. The van der Waals surface area contributed by atoms with Gasteiger partial charge in [-0.15, -0.1) is 0 Å². The van der Waals surface area contributed by atoms with Gasteiger partial charge in [-0.05, 0) is 15.9 Å². The quantitative estimate of drug-likeness (QED) is 0.718. The van der Waals surface area contributed by atoms with Crippen LogP contribution in [0.25, 0.3) is 11.2 Å². The second-order valence-electron chi connectivity index (χ2n) is 2.21. The van der Waals surface area contributed by atoms with Crippen molar-refractivity contribution in [2.24, 2.45) is 0 Å². The zero-order valence-electron chi connectivity index (χ0n) is 6.30. The summed E-state index contributed by atoms with van der Waals surface area (Å²) < 4.78 is 0.546. The fourth-order valence-electron chi connectivity index (χ4n) is 0.905. The van der Waals surface area contributed by atoms with Crippen LogP contribution in [0.3, 0.4) is 0 Å². The number of nitrogens with one attached hydrogen (secondary N) is 2. The van der Waals surface area contributed by atoms with Gasteiger partial charge in [0.05, 0.1) is 6.20 Å². The van der Waals surface area contributed by atoms with E-state index in [2.05, 4.69) is 41.2 Å². The molecule has 0 radical (unpaired) electrons. The average Bonchev–Trinajstić information content (AvgIpc) is 2.46. The third kappa shape index (κ3) is 1.14. The summed E-state index contributed by atoms with van der Waals surface area (Å²) in [6.07, 6.45) is 1.68. The molecule has 0 atom stereocenters. The van der Waals surface area contributed by atoms with Crippen LogP contribution in [-0.2, 0) is 0 Å². The van der Waals surface area contributed by atoms with Crippen molar-refractivity contribution in [2.75, 3.05) is 12.4 Å². The van der Waals surface area contributed by atoms with Crippen LogP contribution < -0.4 is 5.32 Å². The summed E-state index contributed by atoms with van der Waals surface area (Å²) in [5, 5.41) is 2.89. The van der Waals surface area contributed by atoms with Crippen molar-refractivity contribution in [3.63, 3.8) is 0 Å². The normalized spacial score (nSPS) is 10.5. The van der Waals surface area contributed by atoms with E-state index >= 15 is 0 Å². The van der Waals surface area contributed by atoms with Crippen LogP contribution in [0.2, 0.25) is 0 Å². The lowest BCUT2D eigenvalue weighted by atomic mass is 10.6. The maximum Gasteiger partial charge on any atom is 0.202 e. The predicted octanol–water partition coefficient (Wildman–Crippen LogP) is 1.16. The fraction of sp³-hybridized carbons (Fsp3) is 0.167. The van der Waals surface area contributed by atoms with E-state index in [4.69, 9.17) is 0 Å². The van der Waals surface area contributed by atoms with Gasteiger partial charge in [-0.2, -0.15) is 4.98 Å². The van der Waals surface area contributed by atoms with Gasteiger partial charge < -0.3 is 10.3 Å². The number of aromatic amines is 1. The smallest absolute Gasteiger partial charge is 0.202 e. The van der Waals surface area contributed by atoms with Crippen molar-refractivity contribution in [3.05, 3.63) is 10.9 Å². The SMILES string of the molecule is CNc1nc2nc(Br)ncc2[nH]1. The van der Waals surface area contributed by atoms with Crippen LogP contribution in [0.1, 0.15) is 0 Å². The monoisotopic (exact) mass is 227 g/mol. The predicted molar refractivity (Wildman–Crippen MR) is 48.9 cm³/mol. The molecule has 6 heteroatoms. The Kier molecular flexibility index (Phi) is 1.69. The Bertz CT molecular complexity index is 409. The number of halogens is 1. The molecule has 0 fully saturated rings. The molecule has 2 aromatic heterocycles. The van der Waals surface area contributed by atoms with Gasteiger partial charge in [0, 0.05) is 7.05 Å². The molecule has 0 spiro atoms. The average molecular weight is 228 g/mol. The first kappa shape index (κ1) is 7.48. The summed E-state index contributed by atoms with van der Waals surface area (Å²) in [5.41, 5.74) is 1.48. The van der Waals surface area contributed by atoms with Crippen LogP contribution in [0, 0.1) is 0 Å². The lowest BCUT2D eigenvalue weighted by Gasteiger charge is -1.86. The summed E-state index contributed by atoms with van der Waals surface area (Å²) in [5.74, 6) is 0.692. The minimum absolute atomic E-state index is 0.546. The Morgan fingerprint density at radius 3 is 3.08 bits per heavy atom. The molecule has 0 aliphatic carbocycles. The molecular weight excluding hydrogens is 222 g/mol. The molecular formula is C6H6BrN5. The van der Waals surface area contributed by atoms with E-state index in [-0.39, 0.29) is 0 Å². The first-order valence-electron chi connectivity index (χ1n) is 3.35. The van der Waals surface area contributed by atoms with Crippen molar-refractivity contribution in [1.29, 1.82) is 0 Å². The molecule has 0 bridgehead atoms. The maximum absolute atomic E-state index is 4.14. The van der Waals surface area contributed by atoms with E-state index in [1.165, 1.54) is 0 Å². The number of fused-ring (bicyclic) bond motifs is 1. The maximum atomic E-state index is 4.14. The van der Waals surface area contributed by atoms with Crippen molar-refractivity contribution < 1.29 is 0 Å². The number of imidazole rings is 1. The number of hydrogen-bond donors (Lipinski definition) is 2. The van der Waals surface area contributed by atoms with Crippen molar-refractivity contribution in [3.8, 4) is 0 Å². The third-order valence-corrected chi connectivity index (χ3v) is 1.83. The Morgan fingerprint density at radius 2 is 2.33 bits per heavy atom. The van der Waals surface area contributed by atoms with Gasteiger partial charge in [-0.3, -0.25) is 0 Å². The molecule has 12 heavy (non-hydrogen) atoms. The molecule has 0 aliphatic heterocycles. The number of rotatable bonds is 1. The van der Waals surface area contributed by atoms with E-state index in [1.807, 2.05) is 0 Å². The lowest BCUT2D eigenvalue weighted by molar-refractivity contribution is 1.14. The van der Waals surface area contributed by atoms with Gasteiger partial charge in [0.1, 0.15) is 5.52 Å². The highest BCUT2D eigenvalue weighted by Crippen LogP contribution is 2.12. The first-order chi connectivity index (χ1) is 5.79. The van der Waals surface area contributed by atoms with Gasteiger partial charge in [0.15, 0.2) is 10.4 Å². The van der Waals surface area contributed by atoms with Crippen molar-refractivity contribution in [2.45, 2.75) is 0 Å². The zero-order valence-corrected chi connectivity index (χ0v) is 7.88. The van der Waals surface area contributed by atoms with Gasteiger partial charge >= 0.3 is 0 Å². The Hall–Kier alpha value is -1.17. The Labute approximate surface area is 76.8 Å². The van der Waals surface area contributed by atoms with E-state index in [0.29, 0.717) is 16.3 Å². The minimum Gasteiger partial charge on any atom is -0.359 e. The highest BCUT2D eigenvalue weighted by molar-refractivity contribution is 9.10. The molecule has 0 saturated carbocycles. The van der Waals surface area contributed by atoms with E-state index in [0.717, 1.165) is 5.52 Å². The number of aromatic nitrogens is 4. The molecule has 0 unspecified atom stereocenters. The summed E-state index contributed by atoms with van der Waals surface area (Å²) in [6, 6.07) is 0. The highest BCUT2D eigenvalue weighted by Gasteiger charge is 2.02. The van der Waals surface area contributed by atoms with E-state index < -0.39 is 0 Å². The fourth-order valence-corrected chi connectivity index (χ4v) is 1.18. The van der Waals surface area contributed by atoms with Gasteiger partial charge in [0.25, 0.3) is 0 Å². The number of anilines is 1. The molecule has 2 N–H and O–H groups in total. The summed E-state index contributed by atoms with van der Waals surface area (Å²) in [6.45, 7) is 0. The molecule has 0 aliphatic rings. The lowest BCUT2D eigenvalue weighted by Crippen LogP contribution is -1.88. The molecule has 0 amide bonds. The Morgan fingerprint density at radius 1 is 1.50 bits per heavy atom. The molecule has 2 rings (SSSR count). The zero-order chi connectivity index (χ0) is 8.55. The van der Waals surface area contributed by atoms with Gasteiger partial charge in [-0.1, -0.05) is 0 Å². The standard InChI is InChI=1S/C6H6BrN5/c1-8-6-10-3-2-9-5(7)11-4(3)12-6/h2H,1H3,(H2,8,9,10,11,12). The third-order valence-electron chi connectivity index (χ3n) is 1.45. The van der Waals surface area contributed by atoms with Crippen molar-refractivity contribution in [1.82, 2.24) is 19.9 Å². The topological polar surface area (TPSA) is 66.5 Å². The highest BCUT2D eigenvalue weighted by atomic mass is 79.9. The van der Waals surface area contributed by atoms with Gasteiger partial charge in [0.2, 0.25) is 5.95 Å². The first-order valence-corrected chi connectivity index (χ1v) is 4.15. The summed E-state index contributed by atoms with van der Waals surface area (Å²) in [4.78, 5) is 15.2. The largest absolute Gasteiger partial charge is 0.359 e. The number of nitrogens with zero attached hydrogens (tertiary/aromatic N) is 3. The van der Waals surface area contributed by atoms with Crippen LogP contribution in [0.4, 0.5) is 5.95 Å². The molecule has 5 nitrogen and oxygen atoms in total. The molecule has 62 valence electrons. The van der Waals surface area contributed by atoms with Crippen LogP contribution >= 0.6 is 15.9 Å². The minimum atomic E-state index is 0.546. The molecule has 0 saturated heterocycles. The van der Waals surface area contributed by atoms with E-state index in [1.54, 1.807) is 13.2 Å².